The fraction of sp³-hybridized carbons (Fsp3) is 0.214. The van der Waals surface area contributed by atoms with E-state index in [0.29, 0.717) is 0 Å². The van der Waals surface area contributed by atoms with Crippen LogP contribution in [-0.4, -0.2) is 22.0 Å². The Hall–Kier alpha value is -2.01. The molecule has 5 heteroatoms. The minimum atomic E-state index is 0.763. The zero-order valence-corrected chi connectivity index (χ0v) is 11.7. The average Bonchev–Trinajstić information content (AvgIpc) is 2.94. The highest BCUT2D eigenvalue weighted by molar-refractivity contribution is 7.16. The number of nitrogens with zero attached hydrogens (tertiary/aromatic N) is 3. The maximum absolute atomic E-state index is 4.66. The highest BCUT2D eigenvalue weighted by Gasteiger charge is 2.11. The van der Waals surface area contributed by atoms with E-state index in [1.54, 1.807) is 17.5 Å². The molecule has 0 bridgehead atoms. The van der Waals surface area contributed by atoms with E-state index >= 15 is 0 Å². The molecule has 0 radical (unpaired) electrons. The molecule has 3 rings (SSSR count). The first-order valence-corrected chi connectivity index (χ1v) is 7.07. The van der Waals surface area contributed by atoms with Gasteiger partial charge in [0.15, 0.2) is 5.82 Å². The van der Waals surface area contributed by atoms with Gasteiger partial charge in [0, 0.05) is 25.0 Å². The number of aryl methyl sites for hydroxylation is 1. The van der Waals surface area contributed by atoms with Gasteiger partial charge in [0.2, 0.25) is 0 Å². The summed E-state index contributed by atoms with van der Waals surface area (Å²) in [6.07, 6.45) is 4.59. The lowest BCUT2D eigenvalue weighted by Gasteiger charge is -2.08. The summed E-state index contributed by atoms with van der Waals surface area (Å²) >= 11 is 1.63. The summed E-state index contributed by atoms with van der Waals surface area (Å²) in [7, 11) is 1.89. The predicted molar refractivity (Wildman–Crippen MR) is 79.6 cm³/mol. The van der Waals surface area contributed by atoms with Crippen LogP contribution in [0.3, 0.4) is 0 Å². The lowest BCUT2D eigenvalue weighted by molar-refractivity contribution is 1.09. The van der Waals surface area contributed by atoms with Crippen molar-refractivity contribution in [1.29, 1.82) is 0 Å². The Bertz CT molecular complexity index is 720. The first-order chi connectivity index (χ1) is 9.33. The van der Waals surface area contributed by atoms with Crippen molar-refractivity contribution in [2.75, 3.05) is 12.4 Å². The normalized spacial score (nSPS) is 10.8. The van der Waals surface area contributed by atoms with Gasteiger partial charge in [0.1, 0.15) is 10.6 Å². The number of thiophene rings is 1. The Kier molecular flexibility index (Phi) is 3.13. The van der Waals surface area contributed by atoms with Crippen LogP contribution in [0.4, 0.5) is 5.82 Å². The third kappa shape index (κ3) is 2.06. The summed E-state index contributed by atoms with van der Waals surface area (Å²) in [6.45, 7) is 2.11. The monoisotopic (exact) mass is 270 g/mol. The maximum atomic E-state index is 4.66. The number of fused-ring (bicyclic) bond motifs is 1. The summed E-state index contributed by atoms with van der Waals surface area (Å²) < 4.78 is 0. The molecule has 0 aliphatic carbocycles. The first-order valence-electron chi connectivity index (χ1n) is 6.19. The number of anilines is 1. The molecule has 0 saturated carbocycles. The van der Waals surface area contributed by atoms with Crippen molar-refractivity contribution in [3.8, 4) is 11.4 Å². The molecule has 3 aromatic rings. The molecule has 0 amide bonds. The smallest absolute Gasteiger partial charge is 0.163 e. The van der Waals surface area contributed by atoms with Crippen LogP contribution in [0.5, 0.6) is 0 Å². The third-order valence-corrected chi connectivity index (χ3v) is 3.89. The van der Waals surface area contributed by atoms with E-state index in [1.165, 1.54) is 5.56 Å². The molecule has 0 aromatic carbocycles. The maximum Gasteiger partial charge on any atom is 0.163 e. The van der Waals surface area contributed by atoms with Crippen LogP contribution >= 0.6 is 11.3 Å². The second-order valence-corrected chi connectivity index (χ2v) is 5.07. The molecule has 0 aliphatic heterocycles. The third-order valence-electron chi connectivity index (χ3n) is 3.09. The Morgan fingerprint density at radius 2 is 2.16 bits per heavy atom. The van der Waals surface area contributed by atoms with Crippen molar-refractivity contribution < 1.29 is 0 Å². The van der Waals surface area contributed by atoms with Gasteiger partial charge in [-0.3, -0.25) is 4.98 Å². The van der Waals surface area contributed by atoms with Crippen molar-refractivity contribution in [1.82, 2.24) is 15.0 Å². The van der Waals surface area contributed by atoms with E-state index in [4.69, 9.17) is 0 Å². The standard InChI is InChI=1S/C14H14N4S/c1-3-9-8-16-6-4-10(9)13-17-12(15-2)11-5-7-19-14(11)18-13/h4-8H,3H2,1-2H3,(H,15,17,18). The van der Waals surface area contributed by atoms with Gasteiger partial charge in [-0.05, 0) is 29.5 Å². The number of pyridine rings is 1. The Morgan fingerprint density at radius 3 is 2.95 bits per heavy atom. The number of rotatable bonds is 3. The second kappa shape index (κ2) is 4.93. The minimum Gasteiger partial charge on any atom is -0.372 e. The van der Waals surface area contributed by atoms with Crippen molar-refractivity contribution >= 4 is 27.4 Å². The van der Waals surface area contributed by atoms with Gasteiger partial charge in [0.25, 0.3) is 0 Å². The van der Waals surface area contributed by atoms with Gasteiger partial charge in [-0.15, -0.1) is 11.3 Å². The molecular formula is C14H14N4S. The molecule has 19 heavy (non-hydrogen) atoms. The molecule has 4 nitrogen and oxygen atoms in total. The summed E-state index contributed by atoms with van der Waals surface area (Å²) in [5.41, 5.74) is 2.23. The van der Waals surface area contributed by atoms with E-state index in [9.17, 15) is 0 Å². The van der Waals surface area contributed by atoms with Crippen molar-refractivity contribution in [3.63, 3.8) is 0 Å². The highest BCUT2D eigenvalue weighted by Crippen LogP contribution is 2.29. The number of aromatic nitrogens is 3. The van der Waals surface area contributed by atoms with Crippen LogP contribution in [0.25, 0.3) is 21.6 Å². The molecule has 0 unspecified atom stereocenters. The SMILES string of the molecule is CCc1cnccc1-c1nc(NC)c2ccsc2n1. The molecule has 0 spiro atoms. The topological polar surface area (TPSA) is 50.7 Å². The fourth-order valence-corrected chi connectivity index (χ4v) is 2.86. The molecule has 3 aromatic heterocycles. The van der Waals surface area contributed by atoms with Gasteiger partial charge >= 0.3 is 0 Å². The average molecular weight is 270 g/mol. The summed E-state index contributed by atoms with van der Waals surface area (Å²) in [4.78, 5) is 14.5. The van der Waals surface area contributed by atoms with Gasteiger partial charge in [-0.1, -0.05) is 6.92 Å². The van der Waals surface area contributed by atoms with Gasteiger partial charge in [0.05, 0.1) is 5.39 Å². The number of nitrogens with one attached hydrogen (secondary N) is 1. The minimum absolute atomic E-state index is 0.763. The largest absolute Gasteiger partial charge is 0.372 e. The van der Waals surface area contributed by atoms with Crippen molar-refractivity contribution in [2.45, 2.75) is 13.3 Å². The van der Waals surface area contributed by atoms with Crippen molar-refractivity contribution in [3.05, 3.63) is 35.5 Å². The predicted octanol–water partition coefficient (Wildman–Crippen LogP) is 3.36. The molecule has 96 valence electrons. The molecular weight excluding hydrogens is 256 g/mol. The zero-order valence-electron chi connectivity index (χ0n) is 10.8. The van der Waals surface area contributed by atoms with E-state index in [2.05, 4.69) is 27.2 Å². The van der Waals surface area contributed by atoms with Gasteiger partial charge < -0.3 is 5.32 Å². The Labute approximate surface area is 115 Å². The summed E-state index contributed by atoms with van der Waals surface area (Å²) in [5.74, 6) is 1.64. The molecule has 0 saturated heterocycles. The first kappa shape index (κ1) is 12.0. The van der Waals surface area contributed by atoms with Crippen LogP contribution in [0, 0.1) is 0 Å². The van der Waals surface area contributed by atoms with E-state index in [0.717, 1.165) is 33.8 Å². The van der Waals surface area contributed by atoms with E-state index in [-0.39, 0.29) is 0 Å². The Balaban J connectivity index is 2.24. The lowest BCUT2D eigenvalue weighted by Crippen LogP contribution is -1.99. The van der Waals surface area contributed by atoms with Gasteiger partial charge in [-0.2, -0.15) is 0 Å². The zero-order chi connectivity index (χ0) is 13.2. The highest BCUT2D eigenvalue weighted by atomic mass is 32.1. The lowest BCUT2D eigenvalue weighted by atomic mass is 10.1. The van der Waals surface area contributed by atoms with E-state index in [1.807, 2.05) is 30.8 Å². The van der Waals surface area contributed by atoms with Crippen LogP contribution in [0.1, 0.15) is 12.5 Å². The Morgan fingerprint density at radius 1 is 1.26 bits per heavy atom. The second-order valence-electron chi connectivity index (χ2n) is 4.17. The van der Waals surface area contributed by atoms with E-state index < -0.39 is 0 Å². The van der Waals surface area contributed by atoms with Crippen LogP contribution < -0.4 is 5.32 Å². The van der Waals surface area contributed by atoms with Gasteiger partial charge in [-0.25, -0.2) is 9.97 Å². The van der Waals surface area contributed by atoms with Crippen molar-refractivity contribution in [2.24, 2.45) is 0 Å². The molecule has 3 heterocycles. The fourth-order valence-electron chi connectivity index (χ4n) is 2.09. The number of hydrogen-bond acceptors (Lipinski definition) is 5. The molecule has 0 fully saturated rings. The van der Waals surface area contributed by atoms with Crippen LogP contribution in [0.15, 0.2) is 29.9 Å². The quantitative estimate of drug-likeness (QED) is 0.793. The molecule has 1 N–H and O–H groups in total. The summed E-state index contributed by atoms with van der Waals surface area (Å²) in [6, 6.07) is 4.02. The molecule has 0 aliphatic rings. The summed E-state index contributed by atoms with van der Waals surface area (Å²) in [5, 5.41) is 6.26. The number of hydrogen-bond donors (Lipinski definition) is 1. The molecule has 0 atom stereocenters. The van der Waals surface area contributed by atoms with Crippen LogP contribution in [0.2, 0.25) is 0 Å². The van der Waals surface area contributed by atoms with Crippen LogP contribution in [-0.2, 0) is 6.42 Å².